The number of rotatable bonds is 6. The second-order valence-electron chi connectivity index (χ2n) is 13.7. The van der Waals surface area contributed by atoms with Gasteiger partial charge in [-0.25, -0.2) is 24.9 Å². The van der Waals surface area contributed by atoms with Gasteiger partial charge < -0.3 is 8.98 Å². The molecule has 0 saturated carbocycles. The number of fused-ring (bicyclic) bond motifs is 6. The van der Waals surface area contributed by atoms with Gasteiger partial charge in [-0.1, -0.05) is 133 Å². The molecule has 0 aliphatic heterocycles. The number of benzene rings is 7. The van der Waals surface area contributed by atoms with Crippen LogP contribution >= 0.6 is 0 Å². The Hall–Kier alpha value is -7.77. The number of aromatic nitrogens is 6. The van der Waals surface area contributed by atoms with Gasteiger partial charge in [0.25, 0.3) is 0 Å². The fraction of sp³-hybridized carbons (Fsp3) is 0. The maximum absolute atomic E-state index is 6.49. The number of hydrogen-bond acceptors (Lipinski definition) is 6. The molecule has 0 fully saturated rings. The summed E-state index contributed by atoms with van der Waals surface area (Å²) >= 11 is 0. The average molecular weight is 719 g/mol. The monoisotopic (exact) mass is 718 g/mol. The van der Waals surface area contributed by atoms with Crippen molar-refractivity contribution >= 4 is 43.9 Å². The number of furan rings is 1. The van der Waals surface area contributed by atoms with Gasteiger partial charge in [0.05, 0.1) is 11.0 Å². The highest BCUT2D eigenvalue weighted by molar-refractivity contribution is 6.11. The molecule has 4 heterocycles. The topological polar surface area (TPSA) is 82.5 Å². The van der Waals surface area contributed by atoms with Crippen molar-refractivity contribution in [1.29, 1.82) is 0 Å². The van der Waals surface area contributed by atoms with E-state index in [1.54, 1.807) is 0 Å². The van der Waals surface area contributed by atoms with Crippen molar-refractivity contribution < 1.29 is 4.42 Å². The molecule has 0 unspecified atom stereocenters. The molecule has 0 N–H and O–H groups in total. The van der Waals surface area contributed by atoms with Gasteiger partial charge in [-0.3, -0.25) is 0 Å². The van der Waals surface area contributed by atoms with Gasteiger partial charge in [0.1, 0.15) is 16.8 Å². The second-order valence-corrected chi connectivity index (χ2v) is 13.7. The lowest BCUT2D eigenvalue weighted by molar-refractivity contribution is 0.667. The van der Waals surface area contributed by atoms with Gasteiger partial charge in [-0.2, -0.15) is 0 Å². The smallest absolute Gasteiger partial charge is 0.180 e. The van der Waals surface area contributed by atoms with E-state index in [2.05, 4.69) is 89.5 Å². The third kappa shape index (κ3) is 5.33. The Bertz CT molecular complexity index is 3170. The molecule has 7 nitrogen and oxygen atoms in total. The van der Waals surface area contributed by atoms with Crippen LogP contribution < -0.4 is 0 Å². The summed E-state index contributed by atoms with van der Waals surface area (Å²) in [5.41, 5.74) is 10.8. The van der Waals surface area contributed by atoms with Crippen molar-refractivity contribution in [3.8, 4) is 62.5 Å². The molecular weight excluding hydrogens is 689 g/mol. The molecule has 0 aliphatic rings. The summed E-state index contributed by atoms with van der Waals surface area (Å²) in [7, 11) is 0. The van der Waals surface area contributed by atoms with Crippen molar-refractivity contribution in [2.75, 3.05) is 0 Å². The standard InChI is InChI=1S/C49H30N6O/c1-4-14-32(15-5-1)46-52-47(33-16-6-2-7-17-33)54-48(53-46)34-26-24-31(25-27-34)43-45-44(38-21-11-13-23-42(38)56-45)51-49(50-43)35-28-29-41-39(30-35)37-20-10-12-22-40(37)55(41)36-18-8-3-9-19-36/h1-30H. The molecular formula is C49H30N6O. The number of para-hydroxylation sites is 3. The predicted molar refractivity (Wildman–Crippen MR) is 224 cm³/mol. The van der Waals surface area contributed by atoms with Crippen molar-refractivity contribution in [3.05, 3.63) is 182 Å². The van der Waals surface area contributed by atoms with Crippen LogP contribution in [0.15, 0.2) is 186 Å². The first-order chi connectivity index (χ1) is 27.7. The minimum atomic E-state index is 0.587. The van der Waals surface area contributed by atoms with Crippen LogP contribution in [0.4, 0.5) is 0 Å². The maximum atomic E-state index is 6.49. The summed E-state index contributed by atoms with van der Waals surface area (Å²) in [6.45, 7) is 0. The summed E-state index contributed by atoms with van der Waals surface area (Å²) in [5, 5.41) is 3.25. The molecule has 0 bridgehead atoms. The van der Waals surface area contributed by atoms with Gasteiger partial charge >= 0.3 is 0 Å². The lowest BCUT2D eigenvalue weighted by Crippen LogP contribution is -2.00. The minimum absolute atomic E-state index is 0.587. The predicted octanol–water partition coefficient (Wildman–Crippen LogP) is 12.0. The highest BCUT2D eigenvalue weighted by Gasteiger charge is 2.20. The third-order valence-corrected chi connectivity index (χ3v) is 10.3. The van der Waals surface area contributed by atoms with E-state index in [0.29, 0.717) is 34.6 Å². The van der Waals surface area contributed by atoms with Gasteiger partial charge in [-0.15, -0.1) is 0 Å². The summed E-state index contributed by atoms with van der Waals surface area (Å²) in [4.78, 5) is 25.1. The first-order valence-corrected chi connectivity index (χ1v) is 18.5. The molecule has 11 aromatic rings. The van der Waals surface area contributed by atoms with Crippen LogP contribution in [-0.4, -0.2) is 29.5 Å². The Labute approximate surface area is 321 Å². The van der Waals surface area contributed by atoms with E-state index in [9.17, 15) is 0 Å². The molecule has 56 heavy (non-hydrogen) atoms. The van der Waals surface area contributed by atoms with Gasteiger partial charge in [0.15, 0.2) is 28.9 Å². The second kappa shape index (κ2) is 13.0. The Morgan fingerprint density at radius 3 is 1.54 bits per heavy atom. The maximum Gasteiger partial charge on any atom is 0.180 e. The normalized spacial score (nSPS) is 11.6. The van der Waals surface area contributed by atoms with Crippen LogP contribution in [-0.2, 0) is 0 Å². The summed E-state index contributed by atoms with van der Waals surface area (Å²) in [6.07, 6.45) is 0. The first-order valence-electron chi connectivity index (χ1n) is 18.5. The van der Waals surface area contributed by atoms with E-state index in [1.807, 2.05) is 97.1 Å². The number of nitrogens with zero attached hydrogens (tertiary/aromatic N) is 6. The first kappa shape index (κ1) is 31.7. The fourth-order valence-corrected chi connectivity index (χ4v) is 7.60. The van der Waals surface area contributed by atoms with Crippen molar-refractivity contribution in [3.63, 3.8) is 0 Å². The Balaban J connectivity index is 1.06. The zero-order valence-electron chi connectivity index (χ0n) is 29.9. The van der Waals surface area contributed by atoms with E-state index in [1.165, 1.54) is 5.39 Å². The highest BCUT2D eigenvalue weighted by Crippen LogP contribution is 2.38. The number of hydrogen-bond donors (Lipinski definition) is 0. The van der Waals surface area contributed by atoms with Crippen LogP contribution in [0, 0.1) is 0 Å². The van der Waals surface area contributed by atoms with E-state index >= 15 is 0 Å². The molecule has 7 heteroatoms. The fourth-order valence-electron chi connectivity index (χ4n) is 7.60. The van der Waals surface area contributed by atoms with Gasteiger partial charge in [0.2, 0.25) is 0 Å². The lowest BCUT2D eigenvalue weighted by atomic mass is 10.1. The van der Waals surface area contributed by atoms with E-state index in [4.69, 9.17) is 29.3 Å². The van der Waals surface area contributed by atoms with Crippen LogP contribution in [0.5, 0.6) is 0 Å². The summed E-state index contributed by atoms with van der Waals surface area (Å²) < 4.78 is 8.80. The van der Waals surface area contributed by atoms with Crippen molar-refractivity contribution in [1.82, 2.24) is 29.5 Å². The van der Waals surface area contributed by atoms with E-state index < -0.39 is 0 Å². The lowest BCUT2D eigenvalue weighted by Gasteiger charge is -2.10. The molecule has 0 radical (unpaired) electrons. The third-order valence-electron chi connectivity index (χ3n) is 10.3. The molecule has 0 amide bonds. The highest BCUT2D eigenvalue weighted by atomic mass is 16.3. The zero-order valence-corrected chi connectivity index (χ0v) is 29.9. The SMILES string of the molecule is c1ccc(-c2nc(-c3ccccc3)nc(-c3ccc(-c4nc(-c5ccc6c(c5)c5ccccc5n6-c5ccccc5)nc5c4oc4ccccc45)cc3)n2)cc1. The molecule has 4 aromatic heterocycles. The molecule has 7 aromatic carbocycles. The Morgan fingerprint density at radius 1 is 0.357 bits per heavy atom. The van der Waals surface area contributed by atoms with Gasteiger partial charge in [0, 0.05) is 49.7 Å². The molecule has 0 atom stereocenters. The van der Waals surface area contributed by atoms with Crippen LogP contribution in [0.3, 0.4) is 0 Å². The molecule has 0 saturated heterocycles. The Morgan fingerprint density at radius 2 is 0.857 bits per heavy atom. The minimum Gasteiger partial charge on any atom is -0.452 e. The Kier molecular flexibility index (Phi) is 7.35. The quantitative estimate of drug-likeness (QED) is 0.170. The molecule has 0 spiro atoms. The van der Waals surface area contributed by atoms with Crippen LogP contribution in [0.25, 0.3) is 106 Å². The molecule has 11 rings (SSSR count). The molecule has 0 aliphatic carbocycles. The van der Waals surface area contributed by atoms with E-state index in [-0.39, 0.29) is 0 Å². The molecule has 262 valence electrons. The van der Waals surface area contributed by atoms with Crippen molar-refractivity contribution in [2.24, 2.45) is 0 Å². The van der Waals surface area contributed by atoms with Crippen LogP contribution in [0.1, 0.15) is 0 Å². The average Bonchev–Trinajstić information content (AvgIpc) is 3.82. The summed E-state index contributed by atoms with van der Waals surface area (Å²) in [6, 6.07) is 61.7. The van der Waals surface area contributed by atoms with Crippen molar-refractivity contribution in [2.45, 2.75) is 0 Å². The summed E-state index contributed by atoms with van der Waals surface area (Å²) in [5.74, 6) is 2.45. The van der Waals surface area contributed by atoms with E-state index in [0.717, 1.165) is 66.4 Å². The van der Waals surface area contributed by atoms with Gasteiger partial charge in [-0.05, 0) is 48.5 Å². The zero-order chi connectivity index (χ0) is 37.0. The van der Waals surface area contributed by atoms with Crippen LogP contribution in [0.2, 0.25) is 0 Å². The largest absolute Gasteiger partial charge is 0.452 e.